The second kappa shape index (κ2) is 6.54. The molecule has 1 aromatic heterocycles. The van der Waals surface area contributed by atoms with E-state index in [0.29, 0.717) is 19.0 Å². The molecule has 18 heavy (non-hydrogen) atoms. The summed E-state index contributed by atoms with van der Waals surface area (Å²) in [5.74, 6) is 0.407. The Morgan fingerprint density at radius 2 is 2.17 bits per heavy atom. The third-order valence-electron chi connectivity index (χ3n) is 2.92. The first kappa shape index (κ1) is 15.5. The van der Waals surface area contributed by atoms with E-state index in [-0.39, 0.29) is 10.9 Å². The minimum Gasteiger partial charge on any atom is -0.270 e. The van der Waals surface area contributed by atoms with E-state index in [1.807, 2.05) is 20.8 Å². The molecule has 0 aliphatic carbocycles. The van der Waals surface area contributed by atoms with Crippen molar-refractivity contribution in [2.75, 3.05) is 12.4 Å². The molecular formula is C11H20ClN3O2S. The quantitative estimate of drug-likeness (QED) is 0.722. The van der Waals surface area contributed by atoms with Gasteiger partial charge in [0.05, 0.1) is 12.7 Å². The van der Waals surface area contributed by atoms with Crippen LogP contribution in [0.5, 0.6) is 0 Å². The lowest BCUT2D eigenvalue weighted by molar-refractivity contribution is 0.342. The van der Waals surface area contributed by atoms with Gasteiger partial charge in [-0.25, -0.2) is 8.42 Å². The van der Waals surface area contributed by atoms with Crippen LogP contribution < -0.4 is 0 Å². The number of aromatic nitrogens is 2. The van der Waals surface area contributed by atoms with Crippen molar-refractivity contribution >= 4 is 21.6 Å². The average Bonchev–Trinajstić information content (AvgIpc) is 2.79. The fraction of sp³-hybridized carbons (Fsp3) is 0.727. The highest BCUT2D eigenvalue weighted by atomic mass is 35.5. The number of nitrogens with zero attached hydrogens (tertiary/aromatic N) is 3. The predicted molar refractivity (Wildman–Crippen MR) is 72.3 cm³/mol. The SMILES string of the molecule is CCC(C)N(CC)S(=O)(=O)c1cnn(CCCl)c1. The lowest BCUT2D eigenvalue weighted by atomic mass is 10.3. The van der Waals surface area contributed by atoms with Gasteiger partial charge in [-0.2, -0.15) is 9.40 Å². The Morgan fingerprint density at radius 3 is 2.67 bits per heavy atom. The van der Waals surface area contributed by atoms with Crippen LogP contribution in [0.4, 0.5) is 0 Å². The summed E-state index contributed by atoms with van der Waals surface area (Å²) in [5.41, 5.74) is 0. The summed E-state index contributed by atoms with van der Waals surface area (Å²) in [4.78, 5) is 0.231. The molecule has 0 saturated carbocycles. The first-order valence-electron chi connectivity index (χ1n) is 6.07. The van der Waals surface area contributed by atoms with E-state index in [1.54, 1.807) is 4.68 Å². The molecule has 0 spiro atoms. The summed E-state index contributed by atoms with van der Waals surface area (Å²) >= 11 is 5.60. The number of hydrogen-bond acceptors (Lipinski definition) is 3. The minimum absolute atomic E-state index is 0.0172. The molecule has 104 valence electrons. The molecule has 1 aromatic rings. The molecular weight excluding hydrogens is 274 g/mol. The third-order valence-corrected chi connectivity index (χ3v) is 5.13. The van der Waals surface area contributed by atoms with Crippen LogP contribution in [-0.4, -0.2) is 41.0 Å². The Labute approximate surface area is 114 Å². The smallest absolute Gasteiger partial charge is 0.246 e. The van der Waals surface area contributed by atoms with Crippen LogP contribution in [0.25, 0.3) is 0 Å². The Kier molecular flexibility index (Phi) is 5.62. The monoisotopic (exact) mass is 293 g/mol. The van der Waals surface area contributed by atoms with Crippen LogP contribution in [0.1, 0.15) is 27.2 Å². The first-order valence-corrected chi connectivity index (χ1v) is 8.05. The molecule has 0 saturated heterocycles. The van der Waals surface area contributed by atoms with E-state index < -0.39 is 10.0 Å². The lowest BCUT2D eigenvalue weighted by Crippen LogP contribution is -2.37. The highest BCUT2D eigenvalue weighted by molar-refractivity contribution is 7.89. The van der Waals surface area contributed by atoms with E-state index in [2.05, 4.69) is 5.10 Å². The number of sulfonamides is 1. The molecule has 0 bridgehead atoms. The zero-order valence-electron chi connectivity index (χ0n) is 11.0. The van der Waals surface area contributed by atoms with Crippen LogP contribution in [0.3, 0.4) is 0 Å². The molecule has 0 aromatic carbocycles. The van der Waals surface area contributed by atoms with Crippen LogP contribution in [0.2, 0.25) is 0 Å². The Hall–Kier alpha value is -0.590. The van der Waals surface area contributed by atoms with Crippen molar-refractivity contribution in [2.45, 2.75) is 44.7 Å². The van der Waals surface area contributed by atoms with Gasteiger partial charge in [-0.15, -0.1) is 11.6 Å². The summed E-state index contributed by atoms with van der Waals surface area (Å²) < 4.78 is 27.9. The molecule has 7 heteroatoms. The lowest BCUT2D eigenvalue weighted by Gasteiger charge is -2.25. The standard InChI is InChI=1S/C11H20ClN3O2S/c1-4-10(3)15(5-2)18(16,17)11-8-13-14(9-11)7-6-12/h8-10H,4-7H2,1-3H3. The van der Waals surface area contributed by atoms with Crippen LogP contribution in [-0.2, 0) is 16.6 Å². The van der Waals surface area contributed by atoms with Crippen molar-refractivity contribution in [1.82, 2.24) is 14.1 Å². The van der Waals surface area contributed by atoms with Gasteiger partial charge in [0.25, 0.3) is 0 Å². The maximum absolute atomic E-state index is 12.4. The maximum atomic E-state index is 12.4. The average molecular weight is 294 g/mol. The van der Waals surface area contributed by atoms with E-state index in [4.69, 9.17) is 11.6 Å². The normalized spacial score (nSPS) is 14.1. The zero-order valence-corrected chi connectivity index (χ0v) is 12.6. The van der Waals surface area contributed by atoms with Gasteiger partial charge in [-0.05, 0) is 13.3 Å². The summed E-state index contributed by atoms with van der Waals surface area (Å²) in [6.07, 6.45) is 3.69. The zero-order chi connectivity index (χ0) is 13.8. The molecule has 0 aliphatic rings. The Morgan fingerprint density at radius 1 is 1.50 bits per heavy atom. The van der Waals surface area contributed by atoms with Crippen molar-refractivity contribution in [3.63, 3.8) is 0 Å². The van der Waals surface area contributed by atoms with E-state index in [9.17, 15) is 8.42 Å². The minimum atomic E-state index is -3.45. The number of halogens is 1. The van der Waals surface area contributed by atoms with Gasteiger partial charge in [0, 0.05) is 24.7 Å². The number of aryl methyl sites for hydroxylation is 1. The topological polar surface area (TPSA) is 55.2 Å². The molecule has 1 unspecified atom stereocenters. The Balaban J connectivity index is 3.03. The van der Waals surface area contributed by atoms with E-state index >= 15 is 0 Å². The number of hydrogen-bond donors (Lipinski definition) is 0. The van der Waals surface area contributed by atoms with Gasteiger partial charge in [0.1, 0.15) is 4.90 Å². The van der Waals surface area contributed by atoms with Crippen LogP contribution >= 0.6 is 11.6 Å². The molecule has 0 N–H and O–H groups in total. The molecule has 1 heterocycles. The van der Waals surface area contributed by atoms with Crippen molar-refractivity contribution in [3.05, 3.63) is 12.4 Å². The third kappa shape index (κ3) is 3.24. The summed E-state index contributed by atoms with van der Waals surface area (Å²) in [6, 6.07) is -0.0172. The molecule has 0 fully saturated rings. The molecule has 1 rings (SSSR count). The second-order valence-electron chi connectivity index (χ2n) is 4.09. The summed E-state index contributed by atoms with van der Waals surface area (Å²) in [7, 11) is -3.45. The van der Waals surface area contributed by atoms with Gasteiger partial charge in [-0.3, -0.25) is 4.68 Å². The van der Waals surface area contributed by atoms with Crippen molar-refractivity contribution in [3.8, 4) is 0 Å². The molecule has 0 amide bonds. The predicted octanol–water partition coefficient (Wildman–Crippen LogP) is 1.93. The first-order chi connectivity index (χ1) is 8.47. The van der Waals surface area contributed by atoms with Gasteiger partial charge in [-0.1, -0.05) is 13.8 Å². The molecule has 5 nitrogen and oxygen atoms in total. The van der Waals surface area contributed by atoms with Gasteiger partial charge < -0.3 is 0 Å². The fourth-order valence-corrected chi connectivity index (χ4v) is 3.59. The summed E-state index contributed by atoms with van der Waals surface area (Å²) in [6.45, 7) is 6.68. The van der Waals surface area contributed by atoms with E-state index in [1.165, 1.54) is 16.7 Å². The molecule has 0 radical (unpaired) electrons. The van der Waals surface area contributed by atoms with Crippen molar-refractivity contribution in [2.24, 2.45) is 0 Å². The molecule has 1 atom stereocenters. The van der Waals surface area contributed by atoms with Gasteiger partial charge in [0.2, 0.25) is 10.0 Å². The molecule has 0 aliphatic heterocycles. The van der Waals surface area contributed by atoms with Gasteiger partial charge >= 0.3 is 0 Å². The van der Waals surface area contributed by atoms with E-state index in [0.717, 1.165) is 6.42 Å². The maximum Gasteiger partial charge on any atom is 0.246 e. The van der Waals surface area contributed by atoms with Crippen LogP contribution in [0.15, 0.2) is 17.3 Å². The van der Waals surface area contributed by atoms with Gasteiger partial charge in [0.15, 0.2) is 0 Å². The largest absolute Gasteiger partial charge is 0.270 e. The second-order valence-corrected chi connectivity index (χ2v) is 6.36. The fourth-order valence-electron chi connectivity index (χ4n) is 1.74. The number of alkyl halides is 1. The van der Waals surface area contributed by atoms with Crippen molar-refractivity contribution in [1.29, 1.82) is 0 Å². The number of rotatable bonds is 7. The highest BCUT2D eigenvalue weighted by Gasteiger charge is 2.27. The van der Waals surface area contributed by atoms with Crippen LogP contribution in [0, 0.1) is 0 Å². The van der Waals surface area contributed by atoms with Crippen molar-refractivity contribution < 1.29 is 8.42 Å². The Bertz CT molecular complexity index is 472. The highest BCUT2D eigenvalue weighted by Crippen LogP contribution is 2.18. The summed E-state index contributed by atoms with van der Waals surface area (Å²) in [5, 5.41) is 4.00.